The number of benzene rings is 1. The topological polar surface area (TPSA) is 84.9 Å². The molecule has 1 unspecified atom stereocenters. The van der Waals surface area contributed by atoms with E-state index in [9.17, 15) is 9.59 Å². The molecule has 0 saturated carbocycles. The molecule has 0 aliphatic carbocycles. The van der Waals surface area contributed by atoms with E-state index in [0.29, 0.717) is 17.1 Å². The van der Waals surface area contributed by atoms with Crippen LogP contribution in [0.2, 0.25) is 0 Å². The van der Waals surface area contributed by atoms with Crippen molar-refractivity contribution in [3.05, 3.63) is 23.8 Å². The number of aliphatic carboxylic acids is 1. The van der Waals surface area contributed by atoms with Crippen LogP contribution in [0.25, 0.3) is 0 Å². The molecule has 0 aliphatic heterocycles. The lowest BCUT2D eigenvalue weighted by atomic mass is 10.0. The van der Waals surface area contributed by atoms with Gasteiger partial charge in [-0.2, -0.15) is 0 Å². The van der Waals surface area contributed by atoms with Crippen molar-refractivity contribution >= 4 is 11.8 Å². The van der Waals surface area contributed by atoms with Gasteiger partial charge in [-0.25, -0.2) is 0 Å². The minimum Gasteiger partial charge on any atom is -0.493 e. The number of rotatable bonds is 8. The molecule has 0 aromatic heterocycles. The Bertz CT molecular complexity index is 513. The summed E-state index contributed by atoms with van der Waals surface area (Å²) in [6, 6.07) is 4.09. The smallest absolute Gasteiger partial charge is 0.320 e. The van der Waals surface area contributed by atoms with Crippen LogP contribution in [0.4, 0.5) is 0 Å². The number of carboxylic acid groups (broad SMARTS) is 1. The molecular formula is C15H21NO5. The van der Waals surface area contributed by atoms with Gasteiger partial charge in [-0.15, -0.1) is 0 Å². The number of carboxylic acids is 1. The number of methoxy groups -OCH3 is 2. The highest BCUT2D eigenvalue weighted by Gasteiger charge is 2.22. The number of Topliss-reactive ketones (excluding diaryl/α,β-unsaturated/α-hetero) is 1. The van der Waals surface area contributed by atoms with Crippen LogP contribution in [0.5, 0.6) is 11.5 Å². The SMILES string of the molecule is COc1ccc(C(=O)CNC(C(=O)O)C(C)C)cc1OC. The highest BCUT2D eigenvalue weighted by atomic mass is 16.5. The van der Waals surface area contributed by atoms with Gasteiger partial charge in [0.25, 0.3) is 0 Å². The lowest BCUT2D eigenvalue weighted by Gasteiger charge is -2.17. The maximum absolute atomic E-state index is 12.1. The van der Waals surface area contributed by atoms with E-state index in [1.807, 2.05) is 0 Å². The highest BCUT2D eigenvalue weighted by Crippen LogP contribution is 2.27. The lowest BCUT2D eigenvalue weighted by molar-refractivity contribution is -0.140. The lowest BCUT2D eigenvalue weighted by Crippen LogP contribution is -2.43. The number of carbonyl (C=O) groups is 2. The molecule has 0 spiro atoms. The quantitative estimate of drug-likeness (QED) is 0.708. The summed E-state index contributed by atoms with van der Waals surface area (Å²) < 4.78 is 10.2. The fourth-order valence-corrected chi connectivity index (χ4v) is 1.92. The van der Waals surface area contributed by atoms with E-state index in [2.05, 4.69) is 5.32 Å². The van der Waals surface area contributed by atoms with Crippen LogP contribution in [0.3, 0.4) is 0 Å². The molecule has 1 aromatic rings. The average Bonchev–Trinajstić information content (AvgIpc) is 2.45. The number of hydrogen-bond acceptors (Lipinski definition) is 5. The summed E-state index contributed by atoms with van der Waals surface area (Å²) in [6.07, 6.45) is 0. The van der Waals surface area contributed by atoms with E-state index in [1.54, 1.807) is 32.0 Å². The Morgan fingerprint density at radius 1 is 1.19 bits per heavy atom. The van der Waals surface area contributed by atoms with Gasteiger partial charge < -0.3 is 14.6 Å². The molecule has 6 heteroatoms. The molecule has 0 amide bonds. The standard InChI is InChI=1S/C15H21NO5/c1-9(2)14(15(18)19)16-8-11(17)10-5-6-12(20-3)13(7-10)21-4/h5-7,9,14,16H,8H2,1-4H3,(H,18,19). The minimum atomic E-state index is -0.967. The zero-order valence-electron chi connectivity index (χ0n) is 12.7. The van der Waals surface area contributed by atoms with E-state index in [0.717, 1.165) is 0 Å². The van der Waals surface area contributed by atoms with Crippen LogP contribution in [0, 0.1) is 5.92 Å². The van der Waals surface area contributed by atoms with Gasteiger partial charge in [0, 0.05) is 5.56 Å². The molecule has 6 nitrogen and oxygen atoms in total. The molecule has 1 rings (SSSR count). The van der Waals surface area contributed by atoms with E-state index in [-0.39, 0.29) is 18.2 Å². The van der Waals surface area contributed by atoms with Gasteiger partial charge in [-0.05, 0) is 24.1 Å². The first-order chi connectivity index (χ1) is 9.90. The summed E-state index contributed by atoms with van der Waals surface area (Å²) in [5.41, 5.74) is 0.438. The summed E-state index contributed by atoms with van der Waals surface area (Å²) >= 11 is 0. The molecule has 0 aliphatic rings. The second-order valence-corrected chi connectivity index (χ2v) is 4.93. The predicted molar refractivity (Wildman–Crippen MR) is 78.1 cm³/mol. The average molecular weight is 295 g/mol. The first kappa shape index (κ1) is 17.0. The summed E-state index contributed by atoms with van der Waals surface area (Å²) in [5, 5.41) is 11.8. The zero-order chi connectivity index (χ0) is 16.0. The third-order valence-corrected chi connectivity index (χ3v) is 3.12. The van der Waals surface area contributed by atoms with Crippen LogP contribution in [0.15, 0.2) is 18.2 Å². The van der Waals surface area contributed by atoms with Gasteiger partial charge in [0.05, 0.1) is 20.8 Å². The normalized spacial score (nSPS) is 12.0. The van der Waals surface area contributed by atoms with Crippen LogP contribution in [-0.4, -0.2) is 43.7 Å². The summed E-state index contributed by atoms with van der Waals surface area (Å²) in [5.74, 6) is -0.289. The summed E-state index contributed by atoms with van der Waals surface area (Å²) in [4.78, 5) is 23.2. The van der Waals surface area contributed by atoms with Crippen molar-refractivity contribution in [2.24, 2.45) is 5.92 Å². The molecule has 0 saturated heterocycles. The summed E-state index contributed by atoms with van der Waals surface area (Å²) in [7, 11) is 3.00. The van der Waals surface area contributed by atoms with E-state index >= 15 is 0 Å². The Kier molecular flexibility index (Phi) is 6.17. The Balaban J connectivity index is 2.78. The van der Waals surface area contributed by atoms with E-state index in [4.69, 9.17) is 14.6 Å². The fraction of sp³-hybridized carbons (Fsp3) is 0.467. The molecule has 1 atom stereocenters. The summed E-state index contributed by atoms with van der Waals surface area (Å²) in [6.45, 7) is 3.52. The van der Waals surface area contributed by atoms with Gasteiger partial charge in [0.1, 0.15) is 6.04 Å². The number of ether oxygens (including phenoxy) is 2. The molecule has 0 fully saturated rings. The number of ketones is 1. The van der Waals surface area contributed by atoms with Gasteiger partial charge in [0.15, 0.2) is 17.3 Å². The first-order valence-electron chi connectivity index (χ1n) is 6.62. The van der Waals surface area contributed by atoms with Gasteiger partial charge in [-0.3, -0.25) is 14.9 Å². The fourth-order valence-electron chi connectivity index (χ4n) is 1.92. The maximum atomic E-state index is 12.1. The molecule has 116 valence electrons. The van der Waals surface area contributed by atoms with Crippen molar-refractivity contribution in [1.82, 2.24) is 5.32 Å². The van der Waals surface area contributed by atoms with Crippen LogP contribution >= 0.6 is 0 Å². The molecular weight excluding hydrogens is 274 g/mol. The van der Waals surface area contributed by atoms with Crippen LogP contribution in [0.1, 0.15) is 24.2 Å². The Morgan fingerprint density at radius 3 is 2.29 bits per heavy atom. The third kappa shape index (κ3) is 4.46. The van der Waals surface area contributed by atoms with Crippen molar-refractivity contribution in [2.75, 3.05) is 20.8 Å². The zero-order valence-corrected chi connectivity index (χ0v) is 12.7. The van der Waals surface area contributed by atoms with Gasteiger partial charge in [0.2, 0.25) is 0 Å². The van der Waals surface area contributed by atoms with Crippen molar-refractivity contribution in [3.63, 3.8) is 0 Å². The molecule has 0 radical (unpaired) electrons. The molecule has 1 aromatic carbocycles. The molecule has 0 bridgehead atoms. The largest absolute Gasteiger partial charge is 0.493 e. The highest BCUT2D eigenvalue weighted by molar-refractivity contribution is 5.98. The molecule has 0 heterocycles. The number of nitrogens with one attached hydrogen (secondary N) is 1. The van der Waals surface area contributed by atoms with Crippen molar-refractivity contribution < 1.29 is 24.2 Å². The van der Waals surface area contributed by atoms with Crippen LogP contribution < -0.4 is 14.8 Å². The maximum Gasteiger partial charge on any atom is 0.320 e. The Labute approximate surface area is 124 Å². The predicted octanol–water partition coefficient (Wildman–Crippen LogP) is 1.59. The second kappa shape index (κ2) is 7.64. The Hall–Kier alpha value is -2.08. The van der Waals surface area contributed by atoms with Crippen LogP contribution in [-0.2, 0) is 4.79 Å². The molecule has 2 N–H and O–H groups in total. The molecule has 21 heavy (non-hydrogen) atoms. The second-order valence-electron chi connectivity index (χ2n) is 4.93. The van der Waals surface area contributed by atoms with E-state index < -0.39 is 12.0 Å². The minimum absolute atomic E-state index is 0.0510. The van der Waals surface area contributed by atoms with Crippen molar-refractivity contribution in [2.45, 2.75) is 19.9 Å². The van der Waals surface area contributed by atoms with Crippen molar-refractivity contribution in [3.8, 4) is 11.5 Å². The first-order valence-corrected chi connectivity index (χ1v) is 6.62. The van der Waals surface area contributed by atoms with Gasteiger partial charge >= 0.3 is 5.97 Å². The van der Waals surface area contributed by atoms with Crippen molar-refractivity contribution in [1.29, 1.82) is 0 Å². The Morgan fingerprint density at radius 2 is 1.81 bits per heavy atom. The monoisotopic (exact) mass is 295 g/mol. The number of carbonyl (C=O) groups excluding carboxylic acids is 1. The number of hydrogen-bond donors (Lipinski definition) is 2. The van der Waals surface area contributed by atoms with Gasteiger partial charge in [-0.1, -0.05) is 13.8 Å². The van der Waals surface area contributed by atoms with E-state index in [1.165, 1.54) is 14.2 Å². The third-order valence-electron chi connectivity index (χ3n) is 3.12.